The Morgan fingerprint density at radius 3 is 2.52 bits per heavy atom. The summed E-state index contributed by atoms with van der Waals surface area (Å²) in [5, 5.41) is 0. The third kappa shape index (κ3) is 3.41. The number of hydrogen-bond donors (Lipinski definition) is 2. The van der Waals surface area contributed by atoms with Crippen LogP contribution in [0.4, 0.5) is 5.82 Å². The van der Waals surface area contributed by atoms with Crippen LogP contribution in [0.2, 0.25) is 0 Å². The summed E-state index contributed by atoms with van der Waals surface area (Å²) < 4.78 is 11.0. The molecule has 2 aromatic rings. The Hall–Kier alpha value is -2.34. The van der Waals surface area contributed by atoms with E-state index in [2.05, 4.69) is 15.4 Å². The molecule has 1 heterocycles. The second-order valence-corrected chi connectivity index (χ2v) is 4.94. The van der Waals surface area contributed by atoms with Crippen molar-refractivity contribution in [1.29, 1.82) is 0 Å². The fourth-order valence-electron chi connectivity index (χ4n) is 1.79. The molecule has 0 fully saturated rings. The first-order valence-electron chi connectivity index (χ1n) is 6.72. The van der Waals surface area contributed by atoms with Crippen molar-refractivity contribution in [2.24, 2.45) is 5.84 Å². The highest BCUT2D eigenvalue weighted by Gasteiger charge is 2.14. The number of benzene rings is 1. The molecule has 0 aliphatic heterocycles. The molecule has 0 atom stereocenters. The van der Waals surface area contributed by atoms with Crippen molar-refractivity contribution < 1.29 is 9.47 Å². The Kier molecular flexibility index (Phi) is 4.59. The number of ether oxygens (including phenoxy) is 2. The SMILES string of the molecule is COc1cccc(Oc2nc(C(C)C)nc(NN)c2C)c1. The van der Waals surface area contributed by atoms with E-state index < -0.39 is 0 Å². The van der Waals surface area contributed by atoms with Crippen LogP contribution in [0.25, 0.3) is 0 Å². The van der Waals surface area contributed by atoms with Crippen molar-refractivity contribution in [2.75, 3.05) is 12.5 Å². The quantitative estimate of drug-likeness (QED) is 0.650. The molecule has 0 radical (unpaired) electrons. The van der Waals surface area contributed by atoms with Crippen molar-refractivity contribution in [3.05, 3.63) is 35.7 Å². The molecule has 0 aliphatic rings. The largest absolute Gasteiger partial charge is 0.497 e. The summed E-state index contributed by atoms with van der Waals surface area (Å²) in [6.07, 6.45) is 0. The van der Waals surface area contributed by atoms with Crippen LogP contribution in [-0.2, 0) is 0 Å². The van der Waals surface area contributed by atoms with Crippen LogP contribution < -0.4 is 20.7 Å². The number of nitrogens with zero attached hydrogens (tertiary/aromatic N) is 2. The van der Waals surface area contributed by atoms with Crippen molar-refractivity contribution >= 4 is 5.82 Å². The van der Waals surface area contributed by atoms with Gasteiger partial charge in [0, 0.05) is 12.0 Å². The maximum Gasteiger partial charge on any atom is 0.227 e. The lowest BCUT2D eigenvalue weighted by Crippen LogP contribution is -2.13. The lowest BCUT2D eigenvalue weighted by Gasteiger charge is -2.14. The number of rotatable bonds is 5. The Labute approximate surface area is 124 Å². The van der Waals surface area contributed by atoms with Crippen LogP contribution >= 0.6 is 0 Å². The predicted molar refractivity (Wildman–Crippen MR) is 81.7 cm³/mol. The van der Waals surface area contributed by atoms with Crippen LogP contribution in [0.1, 0.15) is 31.2 Å². The minimum atomic E-state index is 0.172. The average Bonchev–Trinajstić information content (AvgIpc) is 2.49. The van der Waals surface area contributed by atoms with Gasteiger partial charge in [-0.3, -0.25) is 0 Å². The van der Waals surface area contributed by atoms with Gasteiger partial charge in [0.1, 0.15) is 17.3 Å². The summed E-state index contributed by atoms with van der Waals surface area (Å²) in [7, 11) is 1.61. The normalized spacial score (nSPS) is 10.6. The van der Waals surface area contributed by atoms with Gasteiger partial charge in [0.2, 0.25) is 5.88 Å². The predicted octanol–water partition coefficient (Wildman–Crippen LogP) is 2.99. The minimum Gasteiger partial charge on any atom is -0.497 e. The standard InChI is InChI=1S/C15H20N4O2/c1-9(2)13-17-14(19-16)10(3)15(18-13)21-12-7-5-6-11(8-12)20-4/h5-9H,16H2,1-4H3,(H,17,18,19). The van der Waals surface area contributed by atoms with E-state index in [-0.39, 0.29) is 5.92 Å². The first-order chi connectivity index (χ1) is 10.0. The van der Waals surface area contributed by atoms with Crippen molar-refractivity contribution in [3.63, 3.8) is 0 Å². The second-order valence-electron chi connectivity index (χ2n) is 4.94. The summed E-state index contributed by atoms with van der Waals surface area (Å²) in [5.41, 5.74) is 3.34. The van der Waals surface area contributed by atoms with Crippen molar-refractivity contribution in [3.8, 4) is 17.4 Å². The van der Waals surface area contributed by atoms with E-state index in [9.17, 15) is 0 Å². The molecule has 0 spiro atoms. The molecule has 0 amide bonds. The van der Waals surface area contributed by atoms with Gasteiger partial charge in [-0.25, -0.2) is 10.8 Å². The highest BCUT2D eigenvalue weighted by molar-refractivity contribution is 5.49. The number of aromatic nitrogens is 2. The third-order valence-electron chi connectivity index (χ3n) is 3.03. The van der Waals surface area contributed by atoms with Gasteiger partial charge in [-0.05, 0) is 19.1 Å². The molecular formula is C15H20N4O2. The number of hydrazine groups is 1. The first kappa shape index (κ1) is 15.1. The summed E-state index contributed by atoms with van der Waals surface area (Å²) in [4.78, 5) is 8.84. The highest BCUT2D eigenvalue weighted by atomic mass is 16.5. The zero-order valence-electron chi connectivity index (χ0n) is 12.7. The molecule has 2 rings (SSSR count). The number of nitrogen functional groups attached to an aromatic ring is 1. The Bertz CT molecular complexity index is 629. The van der Waals surface area contributed by atoms with Gasteiger partial charge in [-0.2, -0.15) is 4.98 Å². The zero-order chi connectivity index (χ0) is 15.4. The molecule has 3 N–H and O–H groups in total. The van der Waals surface area contributed by atoms with E-state index in [0.717, 1.165) is 11.3 Å². The van der Waals surface area contributed by atoms with Crippen molar-refractivity contribution in [2.45, 2.75) is 26.7 Å². The summed E-state index contributed by atoms with van der Waals surface area (Å²) in [6, 6.07) is 7.35. The van der Waals surface area contributed by atoms with Gasteiger partial charge in [-0.15, -0.1) is 0 Å². The zero-order valence-corrected chi connectivity index (χ0v) is 12.7. The summed E-state index contributed by atoms with van der Waals surface area (Å²) >= 11 is 0. The van der Waals surface area contributed by atoms with Gasteiger partial charge >= 0.3 is 0 Å². The van der Waals surface area contributed by atoms with Gasteiger partial charge in [0.15, 0.2) is 5.82 Å². The number of nitrogens with two attached hydrogens (primary N) is 1. The molecule has 0 unspecified atom stereocenters. The highest BCUT2D eigenvalue weighted by Crippen LogP contribution is 2.30. The van der Waals surface area contributed by atoms with Crippen LogP contribution in [0.3, 0.4) is 0 Å². The molecule has 0 aliphatic carbocycles. The van der Waals surface area contributed by atoms with Gasteiger partial charge in [0.25, 0.3) is 0 Å². The molecule has 1 aromatic heterocycles. The fraction of sp³-hybridized carbons (Fsp3) is 0.333. The molecule has 0 saturated carbocycles. The molecular weight excluding hydrogens is 268 g/mol. The molecule has 0 bridgehead atoms. The van der Waals surface area contributed by atoms with Crippen LogP contribution in [0.15, 0.2) is 24.3 Å². The van der Waals surface area contributed by atoms with Gasteiger partial charge < -0.3 is 14.9 Å². The lowest BCUT2D eigenvalue weighted by molar-refractivity contribution is 0.406. The molecule has 112 valence electrons. The lowest BCUT2D eigenvalue weighted by atomic mass is 10.2. The number of hydrogen-bond acceptors (Lipinski definition) is 6. The molecule has 1 aromatic carbocycles. The van der Waals surface area contributed by atoms with Gasteiger partial charge in [0.05, 0.1) is 12.7 Å². The van der Waals surface area contributed by atoms with E-state index in [1.54, 1.807) is 13.2 Å². The molecule has 21 heavy (non-hydrogen) atoms. The summed E-state index contributed by atoms with van der Waals surface area (Å²) in [6.45, 7) is 5.88. The number of methoxy groups -OCH3 is 1. The van der Waals surface area contributed by atoms with E-state index in [4.69, 9.17) is 15.3 Å². The number of anilines is 1. The first-order valence-corrected chi connectivity index (χ1v) is 6.72. The topological polar surface area (TPSA) is 82.3 Å². The molecule has 0 saturated heterocycles. The Balaban J connectivity index is 2.40. The second kappa shape index (κ2) is 6.41. The molecule has 6 nitrogen and oxygen atoms in total. The maximum absolute atomic E-state index is 5.86. The van der Waals surface area contributed by atoms with Gasteiger partial charge in [-0.1, -0.05) is 19.9 Å². The van der Waals surface area contributed by atoms with Crippen LogP contribution in [-0.4, -0.2) is 17.1 Å². The van der Waals surface area contributed by atoms with Crippen LogP contribution in [0, 0.1) is 6.92 Å². The van der Waals surface area contributed by atoms with E-state index >= 15 is 0 Å². The smallest absolute Gasteiger partial charge is 0.227 e. The van der Waals surface area contributed by atoms with E-state index in [0.29, 0.717) is 23.3 Å². The fourth-order valence-corrected chi connectivity index (χ4v) is 1.79. The van der Waals surface area contributed by atoms with Crippen molar-refractivity contribution in [1.82, 2.24) is 9.97 Å². The Morgan fingerprint density at radius 2 is 1.90 bits per heavy atom. The molecule has 6 heteroatoms. The number of nitrogens with one attached hydrogen (secondary N) is 1. The van der Waals surface area contributed by atoms with Crippen LogP contribution in [0.5, 0.6) is 17.4 Å². The van der Waals surface area contributed by atoms with E-state index in [1.807, 2.05) is 39.0 Å². The third-order valence-corrected chi connectivity index (χ3v) is 3.03. The van der Waals surface area contributed by atoms with E-state index in [1.165, 1.54) is 0 Å². The monoisotopic (exact) mass is 288 g/mol. The average molecular weight is 288 g/mol. The minimum absolute atomic E-state index is 0.172. The maximum atomic E-state index is 5.86. The Morgan fingerprint density at radius 1 is 1.19 bits per heavy atom. The summed E-state index contributed by atoms with van der Waals surface area (Å²) in [5.74, 6) is 8.77.